The highest BCUT2D eigenvalue weighted by Crippen LogP contribution is 2.35. The van der Waals surface area contributed by atoms with Crippen molar-refractivity contribution in [3.8, 4) is 0 Å². The topological polar surface area (TPSA) is 71.3 Å². The molecule has 0 fully saturated rings. The number of halogens is 1. The van der Waals surface area contributed by atoms with E-state index in [1.807, 2.05) is 18.2 Å². The zero-order valence-electron chi connectivity index (χ0n) is 13.6. The molecule has 5 nitrogen and oxygen atoms in total. The van der Waals surface area contributed by atoms with Crippen LogP contribution in [-0.4, -0.2) is 18.4 Å². The Kier molecular flexibility index (Phi) is 4.62. The molecule has 0 spiro atoms. The summed E-state index contributed by atoms with van der Waals surface area (Å²) in [5, 5.41) is 6.32. The van der Waals surface area contributed by atoms with Crippen LogP contribution in [0.15, 0.2) is 28.7 Å². The van der Waals surface area contributed by atoms with E-state index in [0.29, 0.717) is 17.1 Å². The van der Waals surface area contributed by atoms with Crippen molar-refractivity contribution in [2.24, 2.45) is 0 Å². The van der Waals surface area contributed by atoms with E-state index < -0.39 is 0 Å². The SMILES string of the molecule is Cc1cc(C(=O)NCC(=O)NC2CCc3c(Cl)cccc32)c(C)o1. The Balaban J connectivity index is 1.57. The van der Waals surface area contributed by atoms with Gasteiger partial charge in [0.15, 0.2) is 0 Å². The first-order chi connectivity index (χ1) is 11.5. The lowest BCUT2D eigenvalue weighted by molar-refractivity contribution is -0.120. The van der Waals surface area contributed by atoms with E-state index in [-0.39, 0.29) is 24.4 Å². The smallest absolute Gasteiger partial charge is 0.255 e. The Hall–Kier alpha value is -2.27. The van der Waals surface area contributed by atoms with Crippen LogP contribution >= 0.6 is 11.6 Å². The predicted molar refractivity (Wildman–Crippen MR) is 91.2 cm³/mol. The van der Waals surface area contributed by atoms with Crippen molar-refractivity contribution in [1.29, 1.82) is 0 Å². The number of hydrogen-bond acceptors (Lipinski definition) is 3. The van der Waals surface area contributed by atoms with E-state index in [9.17, 15) is 9.59 Å². The molecule has 0 saturated carbocycles. The van der Waals surface area contributed by atoms with Gasteiger partial charge in [-0.3, -0.25) is 9.59 Å². The van der Waals surface area contributed by atoms with Crippen LogP contribution in [0.3, 0.4) is 0 Å². The number of fused-ring (bicyclic) bond motifs is 1. The molecule has 1 atom stereocenters. The Morgan fingerprint density at radius 2 is 2.12 bits per heavy atom. The molecule has 3 rings (SSSR count). The summed E-state index contributed by atoms with van der Waals surface area (Å²) in [7, 11) is 0. The van der Waals surface area contributed by atoms with Gasteiger partial charge < -0.3 is 15.1 Å². The molecule has 126 valence electrons. The molecule has 1 aromatic carbocycles. The predicted octanol–water partition coefficient (Wildman–Crippen LogP) is 3.08. The van der Waals surface area contributed by atoms with E-state index in [0.717, 1.165) is 29.0 Å². The maximum Gasteiger partial charge on any atom is 0.255 e. The van der Waals surface area contributed by atoms with Crippen LogP contribution in [0, 0.1) is 13.8 Å². The molecular formula is C18H19ClN2O3. The highest BCUT2D eigenvalue weighted by molar-refractivity contribution is 6.31. The lowest BCUT2D eigenvalue weighted by atomic mass is 10.1. The normalized spacial score (nSPS) is 15.9. The van der Waals surface area contributed by atoms with Crippen LogP contribution in [0.2, 0.25) is 5.02 Å². The third-order valence-corrected chi connectivity index (χ3v) is 4.60. The second kappa shape index (κ2) is 6.69. The molecule has 24 heavy (non-hydrogen) atoms. The van der Waals surface area contributed by atoms with Gasteiger partial charge in [0.05, 0.1) is 18.2 Å². The molecule has 0 radical (unpaired) electrons. The third-order valence-electron chi connectivity index (χ3n) is 4.24. The van der Waals surface area contributed by atoms with Gasteiger partial charge in [0.2, 0.25) is 5.91 Å². The van der Waals surface area contributed by atoms with Gasteiger partial charge in [0.25, 0.3) is 5.91 Å². The molecule has 1 heterocycles. The van der Waals surface area contributed by atoms with Gasteiger partial charge in [-0.05, 0) is 49.9 Å². The highest BCUT2D eigenvalue weighted by Gasteiger charge is 2.25. The van der Waals surface area contributed by atoms with Gasteiger partial charge in [-0.1, -0.05) is 23.7 Å². The molecule has 1 unspecified atom stereocenters. The van der Waals surface area contributed by atoms with Gasteiger partial charge in [-0.15, -0.1) is 0 Å². The standard InChI is InChI=1S/C18H19ClN2O3/c1-10-8-14(11(2)24-10)18(23)20-9-17(22)21-16-7-6-12-13(16)4-3-5-15(12)19/h3-5,8,16H,6-7,9H2,1-2H3,(H,20,23)(H,21,22). The maximum atomic E-state index is 12.1. The van der Waals surface area contributed by atoms with Gasteiger partial charge in [0, 0.05) is 5.02 Å². The first-order valence-corrected chi connectivity index (χ1v) is 8.25. The van der Waals surface area contributed by atoms with Gasteiger partial charge in [-0.25, -0.2) is 0 Å². The summed E-state index contributed by atoms with van der Waals surface area (Å²) in [4.78, 5) is 24.2. The minimum atomic E-state index is -0.311. The molecule has 1 aliphatic carbocycles. The van der Waals surface area contributed by atoms with E-state index in [1.54, 1.807) is 19.9 Å². The lowest BCUT2D eigenvalue weighted by Crippen LogP contribution is -2.38. The van der Waals surface area contributed by atoms with E-state index >= 15 is 0 Å². The zero-order valence-corrected chi connectivity index (χ0v) is 14.4. The average molecular weight is 347 g/mol. The van der Waals surface area contributed by atoms with Crippen LogP contribution in [-0.2, 0) is 11.2 Å². The van der Waals surface area contributed by atoms with E-state index in [2.05, 4.69) is 10.6 Å². The Labute approximate surface area is 145 Å². The van der Waals surface area contributed by atoms with Gasteiger partial charge in [-0.2, -0.15) is 0 Å². The lowest BCUT2D eigenvalue weighted by Gasteiger charge is -2.14. The summed E-state index contributed by atoms with van der Waals surface area (Å²) in [6, 6.07) is 7.34. The van der Waals surface area contributed by atoms with Crippen LogP contribution in [0.5, 0.6) is 0 Å². The quantitative estimate of drug-likeness (QED) is 0.893. The number of rotatable bonds is 4. The number of hydrogen-bond donors (Lipinski definition) is 2. The zero-order chi connectivity index (χ0) is 17.3. The molecule has 1 aliphatic rings. The summed E-state index contributed by atoms with van der Waals surface area (Å²) in [6.45, 7) is 3.43. The Bertz CT molecular complexity index is 798. The minimum absolute atomic E-state index is 0.0546. The fraction of sp³-hybridized carbons (Fsp3) is 0.333. The summed E-state index contributed by atoms with van der Waals surface area (Å²) in [5.74, 6) is 0.680. The molecule has 0 aliphatic heterocycles. The first-order valence-electron chi connectivity index (χ1n) is 7.87. The second-order valence-electron chi connectivity index (χ2n) is 5.98. The van der Waals surface area contributed by atoms with Crippen molar-refractivity contribution in [3.63, 3.8) is 0 Å². The number of benzene rings is 1. The van der Waals surface area contributed by atoms with Crippen LogP contribution in [0.1, 0.15) is 45.5 Å². The summed E-state index contributed by atoms with van der Waals surface area (Å²) in [6.07, 6.45) is 1.67. The van der Waals surface area contributed by atoms with E-state index in [4.69, 9.17) is 16.0 Å². The molecule has 2 aromatic rings. The number of carbonyl (C=O) groups is 2. The first kappa shape index (κ1) is 16.6. The molecule has 2 amide bonds. The molecule has 1 aromatic heterocycles. The fourth-order valence-corrected chi connectivity index (χ4v) is 3.39. The Morgan fingerprint density at radius 3 is 2.83 bits per heavy atom. The number of aryl methyl sites for hydroxylation is 2. The molecular weight excluding hydrogens is 328 g/mol. The minimum Gasteiger partial charge on any atom is -0.466 e. The molecule has 6 heteroatoms. The largest absolute Gasteiger partial charge is 0.466 e. The maximum absolute atomic E-state index is 12.1. The van der Waals surface area contributed by atoms with Crippen LogP contribution in [0.4, 0.5) is 0 Å². The van der Waals surface area contributed by atoms with Crippen LogP contribution in [0.25, 0.3) is 0 Å². The number of carbonyl (C=O) groups excluding carboxylic acids is 2. The van der Waals surface area contributed by atoms with Gasteiger partial charge >= 0.3 is 0 Å². The number of nitrogens with one attached hydrogen (secondary N) is 2. The van der Waals surface area contributed by atoms with Crippen molar-refractivity contribution in [3.05, 3.63) is 57.5 Å². The molecule has 2 N–H and O–H groups in total. The highest BCUT2D eigenvalue weighted by atomic mass is 35.5. The van der Waals surface area contributed by atoms with Crippen LogP contribution < -0.4 is 10.6 Å². The van der Waals surface area contributed by atoms with Crippen molar-refractivity contribution in [1.82, 2.24) is 10.6 Å². The monoisotopic (exact) mass is 346 g/mol. The molecule has 0 saturated heterocycles. The van der Waals surface area contributed by atoms with Crippen molar-refractivity contribution in [2.75, 3.05) is 6.54 Å². The molecule has 0 bridgehead atoms. The summed E-state index contributed by atoms with van der Waals surface area (Å²) < 4.78 is 5.33. The average Bonchev–Trinajstić information content (AvgIpc) is 3.09. The fourth-order valence-electron chi connectivity index (χ4n) is 3.12. The van der Waals surface area contributed by atoms with Crippen molar-refractivity contribution < 1.29 is 14.0 Å². The Morgan fingerprint density at radius 1 is 1.33 bits per heavy atom. The second-order valence-corrected chi connectivity index (χ2v) is 6.38. The third kappa shape index (κ3) is 3.31. The summed E-state index contributed by atoms with van der Waals surface area (Å²) in [5.41, 5.74) is 2.61. The van der Waals surface area contributed by atoms with Gasteiger partial charge in [0.1, 0.15) is 11.5 Å². The van der Waals surface area contributed by atoms with Crippen molar-refractivity contribution in [2.45, 2.75) is 32.7 Å². The summed E-state index contributed by atoms with van der Waals surface area (Å²) >= 11 is 6.18. The van der Waals surface area contributed by atoms with E-state index in [1.165, 1.54) is 0 Å². The number of amides is 2. The van der Waals surface area contributed by atoms with Crippen molar-refractivity contribution >= 4 is 23.4 Å². The number of furan rings is 1.